The van der Waals surface area contributed by atoms with Crippen molar-refractivity contribution in [2.24, 2.45) is 0 Å². The third-order valence-corrected chi connectivity index (χ3v) is 5.01. The van der Waals surface area contributed by atoms with E-state index in [0.29, 0.717) is 11.1 Å². The van der Waals surface area contributed by atoms with Gasteiger partial charge in [0.05, 0.1) is 5.30 Å². The Bertz CT molecular complexity index is 729. The molecule has 0 aliphatic carbocycles. The van der Waals surface area contributed by atoms with Crippen LogP contribution in [0.2, 0.25) is 0 Å². The molecule has 3 rings (SSSR count). The van der Waals surface area contributed by atoms with Crippen molar-refractivity contribution in [3.63, 3.8) is 0 Å². The van der Waals surface area contributed by atoms with E-state index in [1.54, 1.807) is 18.2 Å². The van der Waals surface area contributed by atoms with E-state index in [1.165, 1.54) is 5.56 Å². The van der Waals surface area contributed by atoms with Gasteiger partial charge < -0.3 is 9.42 Å². The van der Waals surface area contributed by atoms with Gasteiger partial charge in [-0.1, -0.05) is 45.0 Å². The summed E-state index contributed by atoms with van der Waals surface area (Å²) < 4.78 is 17.6. The molecule has 0 amide bonds. The Morgan fingerprint density at radius 2 is 1.75 bits per heavy atom. The van der Waals surface area contributed by atoms with Gasteiger partial charge in [-0.25, -0.2) is 4.57 Å². The molecule has 1 aliphatic heterocycles. The molecule has 20 heavy (non-hydrogen) atoms. The molecule has 2 aromatic rings. The Hall–Kier alpha value is -1.57. The number of fused-ring (bicyclic) bond motifs is 3. The third kappa shape index (κ3) is 2.07. The zero-order chi connectivity index (χ0) is 14.5. The van der Waals surface area contributed by atoms with Crippen LogP contribution in [0.1, 0.15) is 26.3 Å². The molecule has 0 bridgehead atoms. The molecule has 0 radical (unpaired) electrons. The monoisotopic (exact) mass is 288 g/mol. The lowest BCUT2D eigenvalue weighted by atomic mass is 9.85. The Kier molecular flexibility index (Phi) is 2.82. The summed E-state index contributed by atoms with van der Waals surface area (Å²) in [5.41, 5.74) is 2.85. The zero-order valence-corrected chi connectivity index (χ0v) is 12.6. The van der Waals surface area contributed by atoms with Crippen molar-refractivity contribution in [1.29, 1.82) is 0 Å². The first kappa shape index (κ1) is 13.4. The van der Waals surface area contributed by atoms with Crippen LogP contribution in [0.25, 0.3) is 11.1 Å². The maximum Gasteiger partial charge on any atom is 0.408 e. The fraction of sp³-hybridized carbons (Fsp3) is 0.250. The van der Waals surface area contributed by atoms with E-state index in [2.05, 4.69) is 20.8 Å². The summed E-state index contributed by atoms with van der Waals surface area (Å²) in [5, 5.41) is 0.374. The van der Waals surface area contributed by atoms with Gasteiger partial charge >= 0.3 is 7.60 Å². The van der Waals surface area contributed by atoms with Gasteiger partial charge in [0.15, 0.2) is 0 Å². The Balaban J connectivity index is 2.27. The standard InChI is InChI=1S/C16H17O3P/c1-16(2,3)11-8-9-14-13(10-11)12-6-4-5-7-15(12)20(17,18)19-14/h4-10H,1-3H3,(H,17,18). The summed E-state index contributed by atoms with van der Waals surface area (Å²) in [6.07, 6.45) is 0. The number of hydrogen-bond donors (Lipinski definition) is 1. The Morgan fingerprint density at radius 3 is 2.45 bits per heavy atom. The van der Waals surface area contributed by atoms with E-state index in [-0.39, 0.29) is 5.41 Å². The largest absolute Gasteiger partial charge is 0.421 e. The van der Waals surface area contributed by atoms with E-state index >= 15 is 0 Å². The van der Waals surface area contributed by atoms with Crippen molar-refractivity contribution < 1.29 is 14.0 Å². The number of hydrogen-bond acceptors (Lipinski definition) is 2. The average molecular weight is 288 g/mol. The van der Waals surface area contributed by atoms with Gasteiger partial charge in [0.1, 0.15) is 5.75 Å². The number of rotatable bonds is 0. The van der Waals surface area contributed by atoms with Gasteiger partial charge in [-0.15, -0.1) is 0 Å². The Morgan fingerprint density at radius 1 is 1.05 bits per heavy atom. The van der Waals surface area contributed by atoms with Crippen LogP contribution in [0.3, 0.4) is 0 Å². The minimum absolute atomic E-state index is 0.0182. The van der Waals surface area contributed by atoms with Gasteiger partial charge in [-0.2, -0.15) is 0 Å². The molecule has 0 fully saturated rings. The first-order chi connectivity index (χ1) is 9.29. The predicted octanol–water partition coefficient (Wildman–Crippen LogP) is 3.85. The molecule has 1 unspecified atom stereocenters. The van der Waals surface area contributed by atoms with Gasteiger partial charge in [0.25, 0.3) is 0 Å². The normalized spacial score (nSPS) is 20.8. The van der Waals surface area contributed by atoms with Gasteiger partial charge in [0.2, 0.25) is 0 Å². The quantitative estimate of drug-likeness (QED) is 0.749. The average Bonchev–Trinajstić information content (AvgIpc) is 2.37. The van der Waals surface area contributed by atoms with Crippen molar-refractivity contribution >= 4 is 12.9 Å². The fourth-order valence-corrected chi connectivity index (χ4v) is 3.71. The molecule has 1 N–H and O–H groups in total. The van der Waals surface area contributed by atoms with Crippen molar-refractivity contribution in [2.75, 3.05) is 0 Å². The maximum atomic E-state index is 12.2. The van der Waals surface area contributed by atoms with Crippen molar-refractivity contribution in [1.82, 2.24) is 0 Å². The van der Waals surface area contributed by atoms with Crippen LogP contribution in [0.4, 0.5) is 0 Å². The van der Waals surface area contributed by atoms with Crippen LogP contribution >= 0.6 is 7.60 Å². The molecule has 0 spiro atoms. The molecule has 1 atom stereocenters. The summed E-state index contributed by atoms with van der Waals surface area (Å²) in [7, 11) is -3.76. The topological polar surface area (TPSA) is 46.5 Å². The number of benzene rings is 2. The van der Waals surface area contributed by atoms with Crippen LogP contribution in [-0.2, 0) is 9.98 Å². The molecule has 104 valence electrons. The molecule has 3 nitrogen and oxygen atoms in total. The summed E-state index contributed by atoms with van der Waals surface area (Å²) in [5.74, 6) is 0.475. The minimum Gasteiger partial charge on any atom is -0.421 e. The van der Waals surface area contributed by atoms with Gasteiger partial charge in [-0.05, 0) is 29.2 Å². The highest BCUT2D eigenvalue weighted by atomic mass is 31.2. The molecule has 0 saturated carbocycles. The van der Waals surface area contributed by atoms with Crippen molar-refractivity contribution in [3.8, 4) is 16.9 Å². The SMILES string of the molecule is CC(C)(C)c1ccc2c(c1)-c1ccccc1P(=O)(O)O2. The second-order valence-electron chi connectivity index (χ2n) is 6.09. The predicted molar refractivity (Wildman–Crippen MR) is 80.7 cm³/mol. The highest BCUT2D eigenvalue weighted by molar-refractivity contribution is 7.62. The second kappa shape index (κ2) is 4.21. The highest BCUT2D eigenvalue weighted by Crippen LogP contribution is 2.52. The Labute approximate surface area is 118 Å². The van der Waals surface area contributed by atoms with E-state index in [4.69, 9.17) is 4.52 Å². The van der Waals surface area contributed by atoms with Gasteiger partial charge in [0, 0.05) is 11.1 Å². The van der Waals surface area contributed by atoms with Crippen molar-refractivity contribution in [3.05, 3.63) is 48.0 Å². The lowest BCUT2D eigenvalue weighted by Crippen LogP contribution is -2.18. The van der Waals surface area contributed by atoms with Crippen LogP contribution in [0.5, 0.6) is 5.75 Å². The van der Waals surface area contributed by atoms with E-state index in [1.807, 2.05) is 24.3 Å². The van der Waals surface area contributed by atoms with E-state index in [9.17, 15) is 9.46 Å². The zero-order valence-electron chi connectivity index (χ0n) is 11.8. The molecule has 0 aromatic heterocycles. The summed E-state index contributed by atoms with van der Waals surface area (Å²) >= 11 is 0. The van der Waals surface area contributed by atoms with Crippen LogP contribution in [-0.4, -0.2) is 4.89 Å². The van der Waals surface area contributed by atoms with Gasteiger partial charge in [-0.3, -0.25) is 0 Å². The summed E-state index contributed by atoms with van der Waals surface area (Å²) in [4.78, 5) is 10.0. The maximum absolute atomic E-state index is 12.2. The van der Waals surface area contributed by atoms with Crippen LogP contribution in [0.15, 0.2) is 42.5 Å². The van der Waals surface area contributed by atoms with Crippen LogP contribution in [0, 0.1) is 0 Å². The first-order valence-electron chi connectivity index (χ1n) is 6.56. The molecule has 2 aromatic carbocycles. The minimum atomic E-state index is -3.76. The molecule has 0 saturated heterocycles. The van der Waals surface area contributed by atoms with Crippen molar-refractivity contribution in [2.45, 2.75) is 26.2 Å². The lowest BCUT2D eigenvalue weighted by molar-refractivity contribution is 0.392. The van der Waals surface area contributed by atoms with E-state index in [0.717, 1.165) is 11.1 Å². The molecular formula is C16H17O3P. The smallest absolute Gasteiger partial charge is 0.408 e. The molecule has 4 heteroatoms. The van der Waals surface area contributed by atoms with Crippen LogP contribution < -0.4 is 9.83 Å². The highest BCUT2D eigenvalue weighted by Gasteiger charge is 2.34. The summed E-state index contributed by atoms with van der Waals surface area (Å²) in [6, 6.07) is 12.9. The lowest BCUT2D eigenvalue weighted by Gasteiger charge is -2.27. The molecule has 1 heterocycles. The summed E-state index contributed by atoms with van der Waals surface area (Å²) in [6.45, 7) is 6.42. The third-order valence-electron chi connectivity index (χ3n) is 3.57. The fourth-order valence-electron chi connectivity index (χ4n) is 2.42. The van der Waals surface area contributed by atoms with E-state index < -0.39 is 7.60 Å². The second-order valence-corrected chi connectivity index (χ2v) is 7.79. The molecule has 1 aliphatic rings. The first-order valence-corrected chi connectivity index (χ1v) is 8.14. The molecular weight excluding hydrogens is 271 g/mol.